The van der Waals surface area contributed by atoms with Gasteiger partial charge >= 0.3 is 0 Å². The minimum atomic E-state index is 0.244. The molecule has 0 N–H and O–H groups in total. The predicted octanol–water partition coefficient (Wildman–Crippen LogP) is 3.23. The van der Waals surface area contributed by atoms with Crippen molar-refractivity contribution in [2.24, 2.45) is 5.92 Å². The molecule has 0 aromatic carbocycles. The maximum Gasteiger partial charge on any atom is 0.231 e. The van der Waals surface area contributed by atoms with Gasteiger partial charge in [-0.25, -0.2) is 0 Å². The van der Waals surface area contributed by atoms with Crippen LogP contribution in [0.5, 0.6) is 0 Å². The topological polar surface area (TPSA) is 59.2 Å². The number of carbonyl (C=O) groups excluding carboxylic acids is 1. The van der Waals surface area contributed by atoms with Gasteiger partial charge in [-0.15, -0.1) is 0 Å². The van der Waals surface area contributed by atoms with Crippen molar-refractivity contribution < 1.29 is 9.32 Å². The largest absolute Gasteiger partial charge is 0.342 e. The van der Waals surface area contributed by atoms with Gasteiger partial charge in [0, 0.05) is 24.9 Å². The van der Waals surface area contributed by atoms with Crippen molar-refractivity contribution in [3.63, 3.8) is 0 Å². The van der Waals surface area contributed by atoms with Crippen LogP contribution in [0.4, 0.5) is 0 Å². The van der Waals surface area contributed by atoms with Crippen molar-refractivity contribution >= 4 is 5.91 Å². The fourth-order valence-electron chi connectivity index (χ4n) is 4.36. The van der Waals surface area contributed by atoms with Gasteiger partial charge in [0.1, 0.15) is 0 Å². The van der Waals surface area contributed by atoms with Crippen LogP contribution in [-0.2, 0) is 4.79 Å². The number of likely N-dealkylation sites (tertiary alicyclic amines) is 1. The molecule has 3 aliphatic rings. The zero-order valence-electron chi connectivity index (χ0n) is 13.2. The van der Waals surface area contributed by atoms with Gasteiger partial charge in [0.05, 0.1) is 5.92 Å². The third kappa shape index (κ3) is 2.66. The van der Waals surface area contributed by atoms with E-state index in [0.29, 0.717) is 11.8 Å². The third-order valence-corrected chi connectivity index (χ3v) is 5.73. The van der Waals surface area contributed by atoms with E-state index >= 15 is 0 Å². The van der Waals surface area contributed by atoms with Crippen LogP contribution in [0.3, 0.4) is 0 Å². The molecular formula is C17H25N3O2. The highest BCUT2D eigenvalue weighted by atomic mass is 16.5. The van der Waals surface area contributed by atoms with E-state index in [4.69, 9.17) is 4.52 Å². The Morgan fingerprint density at radius 1 is 1.00 bits per heavy atom. The molecule has 1 aromatic rings. The summed E-state index contributed by atoms with van der Waals surface area (Å²) in [6.07, 6.45) is 10.5. The molecule has 3 fully saturated rings. The lowest BCUT2D eigenvalue weighted by atomic mass is 10.1. The molecule has 5 nitrogen and oxygen atoms in total. The van der Waals surface area contributed by atoms with E-state index in [1.165, 1.54) is 38.5 Å². The van der Waals surface area contributed by atoms with Gasteiger partial charge < -0.3 is 9.42 Å². The summed E-state index contributed by atoms with van der Waals surface area (Å²) < 4.78 is 5.52. The smallest absolute Gasteiger partial charge is 0.231 e. The second-order valence-electron chi connectivity index (χ2n) is 7.22. The SMILES string of the molecule is O=C(C1CCCC1)N1CC[C@H](c2nc(C3CCCC3)no2)C1. The van der Waals surface area contributed by atoms with E-state index in [9.17, 15) is 4.79 Å². The molecule has 2 saturated carbocycles. The van der Waals surface area contributed by atoms with E-state index in [2.05, 4.69) is 10.1 Å². The summed E-state index contributed by atoms with van der Waals surface area (Å²) in [4.78, 5) is 19.2. The molecule has 2 aliphatic carbocycles. The van der Waals surface area contributed by atoms with E-state index in [1.807, 2.05) is 4.90 Å². The first-order valence-corrected chi connectivity index (χ1v) is 8.93. The number of amides is 1. The summed E-state index contributed by atoms with van der Waals surface area (Å²) in [5, 5.41) is 4.20. The highest BCUT2D eigenvalue weighted by Gasteiger charge is 2.35. The normalized spacial score (nSPS) is 27.1. The summed E-state index contributed by atoms with van der Waals surface area (Å²) in [6, 6.07) is 0. The Morgan fingerprint density at radius 2 is 1.73 bits per heavy atom. The Kier molecular flexibility index (Phi) is 3.89. The van der Waals surface area contributed by atoms with E-state index in [1.54, 1.807) is 0 Å². The highest BCUT2D eigenvalue weighted by Crippen LogP contribution is 2.35. The molecule has 0 unspecified atom stereocenters. The highest BCUT2D eigenvalue weighted by molar-refractivity contribution is 5.79. The number of carbonyl (C=O) groups is 1. The maximum absolute atomic E-state index is 12.5. The van der Waals surface area contributed by atoms with Gasteiger partial charge in [-0.3, -0.25) is 4.79 Å². The predicted molar refractivity (Wildman–Crippen MR) is 81.4 cm³/mol. The zero-order valence-corrected chi connectivity index (χ0v) is 13.2. The molecule has 1 amide bonds. The Balaban J connectivity index is 1.38. The van der Waals surface area contributed by atoms with Crippen LogP contribution >= 0.6 is 0 Å². The monoisotopic (exact) mass is 303 g/mol. The van der Waals surface area contributed by atoms with Crippen LogP contribution in [0.2, 0.25) is 0 Å². The summed E-state index contributed by atoms with van der Waals surface area (Å²) >= 11 is 0. The summed E-state index contributed by atoms with van der Waals surface area (Å²) in [5.74, 6) is 3.02. The Labute approximate surface area is 131 Å². The Bertz CT molecular complexity index is 530. The molecule has 0 bridgehead atoms. The van der Waals surface area contributed by atoms with E-state index < -0.39 is 0 Å². The van der Waals surface area contributed by atoms with Gasteiger partial charge in [-0.1, -0.05) is 30.8 Å². The number of rotatable bonds is 3. The van der Waals surface area contributed by atoms with Gasteiger partial charge in [0.15, 0.2) is 5.82 Å². The minimum Gasteiger partial charge on any atom is -0.342 e. The molecule has 2 heterocycles. The first-order chi connectivity index (χ1) is 10.8. The fraction of sp³-hybridized carbons (Fsp3) is 0.824. The first-order valence-electron chi connectivity index (χ1n) is 8.93. The van der Waals surface area contributed by atoms with E-state index in [-0.39, 0.29) is 11.8 Å². The lowest BCUT2D eigenvalue weighted by Crippen LogP contribution is -2.33. The summed E-state index contributed by atoms with van der Waals surface area (Å²) in [5.41, 5.74) is 0. The number of hydrogen-bond donors (Lipinski definition) is 0. The number of aromatic nitrogens is 2. The average Bonchev–Trinajstić information content (AvgIpc) is 3.35. The molecule has 1 aromatic heterocycles. The maximum atomic E-state index is 12.5. The molecule has 0 spiro atoms. The number of hydrogen-bond acceptors (Lipinski definition) is 4. The zero-order chi connectivity index (χ0) is 14.9. The second-order valence-corrected chi connectivity index (χ2v) is 7.22. The summed E-state index contributed by atoms with van der Waals surface area (Å²) in [6.45, 7) is 1.61. The van der Waals surface area contributed by atoms with Crippen molar-refractivity contribution in [1.29, 1.82) is 0 Å². The fourth-order valence-corrected chi connectivity index (χ4v) is 4.36. The molecule has 1 atom stereocenters. The lowest BCUT2D eigenvalue weighted by Gasteiger charge is -2.19. The lowest BCUT2D eigenvalue weighted by molar-refractivity contribution is -0.134. The molecule has 1 saturated heterocycles. The molecule has 5 heteroatoms. The molecule has 4 rings (SSSR count). The molecule has 120 valence electrons. The third-order valence-electron chi connectivity index (χ3n) is 5.73. The van der Waals surface area contributed by atoms with Crippen LogP contribution in [0.25, 0.3) is 0 Å². The minimum absolute atomic E-state index is 0.244. The van der Waals surface area contributed by atoms with Gasteiger partial charge in [-0.05, 0) is 32.1 Å². The standard InChI is InChI=1S/C17H25N3O2/c21-17(13-7-3-4-8-13)20-10-9-14(11-20)16-18-15(19-22-16)12-5-1-2-6-12/h12-14H,1-11H2/t14-/m0/s1. The van der Waals surface area contributed by atoms with Crippen molar-refractivity contribution in [2.45, 2.75) is 69.6 Å². The molecule has 22 heavy (non-hydrogen) atoms. The number of nitrogens with zero attached hydrogens (tertiary/aromatic N) is 3. The molecular weight excluding hydrogens is 278 g/mol. The van der Waals surface area contributed by atoms with Crippen molar-refractivity contribution in [1.82, 2.24) is 15.0 Å². The Hall–Kier alpha value is -1.39. The van der Waals surface area contributed by atoms with E-state index in [0.717, 1.165) is 44.1 Å². The molecule has 0 radical (unpaired) electrons. The molecule has 1 aliphatic heterocycles. The van der Waals surface area contributed by atoms with Gasteiger partial charge in [0.25, 0.3) is 0 Å². The van der Waals surface area contributed by atoms with Crippen LogP contribution in [0.1, 0.15) is 81.3 Å². The van der Waals surface area contributed by atoms with Crippen molar-refractivity contribution in [3.8, 4) is 0 Å². The van der Waals surface area contributed by atoms with Crippen LogP contribution in [0, 0.1) is 5.92 Å². The Morgan fingerprint density at radius 3 is 2.50 bits per heavy atom. The van der Waals surface area contributed by atoms with Crippen molar-refractivity contribution in [3.05, 3.63) is 11.7 Å². The quantitative estimate of drug-likeness (QED) is 0.860. The van der Waals surface area contributed by atoms with Crippen molar-refractivity contribution in [2.75, 3.05) is 13.1 Å². The van der Waals surface area contributed by atoms with Crippen LogP contribution in [-0.4, -0.2) is 34.0 Å². The van der Waals surface area contributed by atoms with Gasteiger partial charge in [0.2, 0.25) is 11.8 Å². The first kappa shape index (κ1) is 14.2. The average molecular weight is 303 g/mol. The summed E-state index contributed by atoms with van der Waals surface area (Å²) in [7, 11) is 0. The van der Waals surface area contributed by atoms with Gasteiger partial charge in [-0.2, -0.15) is 4.98 Å². The van der Waals surface area contributed by atoms with Crippen LogP contribution in [0.15, 0.2) is 4.52 Å². The second kappa shape index (κ2) is 6.01. The van der Waals surface area contributed by atoms with Crippen LogP contribution < -0.4 is 0 Å².